The Kier molecular flexibility index (Phi) is 5.67. The van der Waals surface area contributed by atoms with E-state index in [-0.39, 0.29) is 17.7 Å². The van der Waals surface area contributed by atoms with Gasteiger partial charge in [-0.05, 0) is 41.8 Å². The van der Waals surface area contributed by atoms with Crippen molar-refractivity contribution >= 4 is 17.6 Å². The summed E-state index contributed by atoms with van der Waals surface area (Å²) >= 11 is 0. The summed E-state index contributed by atoms with van der Waals surface area (Å²) < 4.78 is 10.5. The van der Waals surface area contributed by atoms with Crippen molar-refractivity contribution < 1.29 is 18.7 Å². The number of anilines is 1. The lowest BCUT2D eigenvalue weighted by Gasteiger charge is -2.16. The number of benzene rings is 1. The summed E-state index contributed by atoms with van der Waals surface area (Å²) in [4.78, 5) is 25.8. The molecule has 0 aliphatic heterocycles. The van der Waals surface area contributed by atoms with E-state index in [4.69, 9.17) is 4.42 Å². The number of amides is 1. The maximum Gasteiger partial charge on any atom is 0.337 e. The molecule has 0 atom stereocenters. The number of hydrogen-bond donors (Lipinski definition) is 0. The number of carbonyl (C=O) groups is 2. The zero-order valence-corrected chi connectivity index (χ0v) is 15.6. The number of nitrogens with zero attached hydrogens (tertiary/aromatic N) is 1. The highest BCUT2D eigenvalue weighted by atomic mass is 16.5. The van der Waals surface area contributed by atoms with E-state index in [0.29, 0.717) is 17.0 Å². The van der Waals surface area contributed by atoms with E-state index in [1.165, 1.54) is 12.0 Å². The Morgan fingerprint density at radius 1 is 1.04 bits per heavy atom. The number of furan rings is 1. The lowest BCUT2D eigenvalue weighted by atomic mass is 9.98. The summed E-state index contributed by atoms with van der Waals surface area (Å²) in [7, 11) is 3.02. The zero-order chi connectivity index (χ0) is 18.7. The minimum atomic E-state index is -0.408. The topological polar surface area (TPSA) is 59.8 Å². The van der Waals surface area contributed by atoms with E-state index in [2.05, 4.69) is 18.6 Å². The van der Waals surface area contributed by atoms with Gasteiger partial charge in [0.25, 0.3) is 5.91 Å². The first kappa shape index (κ1) is 18.8. The Labute approximate surface area is 148 Å². The summed E-state index contributed by atoms with van der Waals surface area (Å²) in [6, 6.07) is 8.51. The molecule has 5 nitrogen and oxygen atoms in total. The van der Waals surface area contributed by atoms with E-state index >= 15 is 0 Å². The summed E-state index contributed by atoms with van der Waals surface area (Å²) in [5, 5.41) is 0. The molecule has 5 heteroatoms. The lowest BCUT2D eigenvalue weighted by molar-refractivity contribution is 0.0600. The molecular formula is C20H25NO4. The minimum absolute atomic E-state index is 0.212. The van der Waals surface area contributed by atoms with E-state index < -0.39 is 5.97 Å². The highest BCUT2D eigenvalue weighted by Crippen LogP contribution is 2.30. The fraction of sp³-hybridized carbons (Fsp3) is 0.400. The number of ether oxygens (including phenoxy) is 1. The van der Waals surface area contributed by atoms with Crippen LogP contribution in [0.5, 0.6) is 0 Å². The van der Waals surface area contributed by atoms with Gasteiger partial charge >= 0.3 is 5.97 Å². The van der Waals surface area contributed by atoms with Crippen LogP contribution in [0.2, 0.25) is 0 Å². The maximum absolute atomic E-state index is 12.8. The molecule has 2 aromatic rings. The second-order valence-corrected chi connectivity index (χ2v) is 6.64. The smallest absolute Gasteiger partial charge is 0.337 e. The van der Waals surface area contributed by atoms with Crippen LogP contribution in [0.25, 0.3) is 0 Å². The van der Waals surface area contributed by atoms with Gasteiger partial charge in [0, 0.05) is 18.7 Å². The number of methoxy groups -OCH3 is 1. The van der Waals surface area contributed by atoms with Crippen LogP contribution in [-0.2, 0) is 4.74 Å². The molecule has 1 amide bonds. The van der Waals surface area contributed by atoms with Crippen molar-refractivity contribution in [3.05, 3.63) is 53.0 Å². The van der Waals surface area contributed by atoms with Gasteiger partial charge in [-0.25, -0.2) is 4.79 Å². The first-order valence-corrected chi connectivity index (χ1v) is 8.36. The fourth-order valence-electron chi connectivity index (χ4n) is 2.65. The Balaban J connectivity index is 2.28. The molecule has 0 bridgehead atoms. The fourth-order valence-corrected chi connectivity index (χ4v) is 2.65. The second-order valence-electron chi connectivity index (χ2n) is 6.64. The van der Waals surface area contributed by atoms with Crippen molar-refractivity contribution in [2.24, 2.45) is 0 Å². The number of hydrogen-bond acceptors (Lipinski definition) is 4. The van der Waals surface area contributed by atoms with Gasteiger partial charge in [-0.3, -0.25) is 4.79 Å². The molecular weight excluding hydrogens is 318 g/mol. The predicted octanol–water partition coefficient (Wildman–Crippen LogP) is 4.59. The van der Waals surface area contributed by atoms with Gasteiger partial charge in [-0.1, -0.05) is 27.7 Å². The van der Waals surface area contributed by atoms with E-state index in [1.807, 2.05) is 19.9 Å². The molecule has 0 unspecified atom stereocenters. The normalized spacial score (nSPS) is 11.0. The molecule has 0 saturated heterocycles. The highest BCUT2D eigenvalue weighted by Gasteiger charge is 2.23. The number of carbonyl (C=O) groups excluding carboxylic acids is 2. The van der Waals surface area contributed by atoms with Gasteiger partial charge in [-0.15, -0.1) is 0 Å². The summed E-state index contributed by atoms with van der Waals surface area (Å²) in [6.45, 7) is 8.27. The van der Waals surface area contributed by atoms with Gasteiger partial charge in [0.1, 0.15) is 5.76 Å². The van der Waals surface area contributed by atoms with E-state index in [9.17, 15) is 9.59 Å². The first-order chi connectivity index (χ1) is 11.8. The average molecular weight is 343 g/mol. The van der Waals surface area contributed by atoms with Crippen molar-refractivity contribution in [2.75, 3.05) is 19.1 Å². The standard InChI is InChI=1S/C20H25NO4/c1-12(2)16-11-17(25-18(16)13(3)4)19(22)21(5)15-9-7-14(8-10-15)20(23)24-6/h7-13H,1-6H3. The molecule has 1 heterocycles. The molecule has 0 saturated carbocycles. The van der Waals surface area contributed by atoms with Crippen molar-refractivity contribution in [3.8, 4) is 0 Å². The van der Waals surface area contributed by atoms with Gasteiger partial charge < -0.3 is 14.1 Å². The lowest BCUT2D eigenvalue weighted by Crippen LogP contribution is -2.25. The Morgan fingerprint density at radius 2 is 1.64 bits per heavy atom. The molecule has 2 rings (SSSR count). The Morgan fingerprint density at radius 3 is 2.08 bits per heavy atom. The van der Waals surface area contributed by atoms with Crippen molar-refractivity contribution in [3.63, 3.8) is 0 Å². The third kappa shape index (κ3) is 3.92. The van der Waals surface area contributed by atoms with Gasteiger partial charge in [0.05, 0.1) is 12.7 Å². The SMILES string of the molecule is COC(=O)c1ccc(N(C)C(=O)c2cc(C(C)C)c(C(C)C)o2)cc1. The van der Waals surface area contributed by atoms with Crippen LogP contribution in [-0.4, -0.2) is 26.0 Å². The van der Waals surface area contributed by atoms with Crippen LogP contribution in [0.15, 0.2) is 34.7 Å². The van der Waals surface area contributed by atoms with Crippen LogP contribution in [0.1, 0.15) is 71.8 Å². The second kappa shape index (κ2) is 7.55. The summed E-state index contributed by atoms with van der Waals surface area (Å²) in [6.07, 6.45) is 0. The zero-order valence-electron chi connectivity index (χ0n) is 15.6. The first-order valence-electron chi connectivity index (χ1n) is 8.36. The molecule has 1 aromatic carbocycles. The predicted molar refractivity (Wildman–Crippen MR) is 97.4 cm³/mol. The molecule has 134 valence electrons. The molecule has 0 aliphatic rings. The maximum atomic E-state index is 12.8. The van der Waals surface area contributed by atoms with E-state index in [0.717, 1.165) is 11.3 Å². The highest BCUT2D eigenvalue weighted by molar-refractivity contribution is 6.04. The van der Waals surface area contributed by atoms with Gasteiger partial charge in [0.2, 0.25) is 0 Å². The van der Waals surface area contributed by atoms with Crippen molar-refractivity contribution in [1.29, 1.82) is 0 Å². The minimum Gasteiger partial charge on any atom is -0.465 e. The molecule has 0 spiro atoms. The van der Waals surface area contributed by atoms with Gasteiger partial charge in [-0.2, -0.15) is 0 Å². The molecule has 0 N–H and O–H groups in total. The molecule has 0 fully saturated rings. The molecule has 25 heavy (non-hydrogen) atoms. The van der Waals surface area contributed by atoms with Crippen LogP contribution < -0.4 is 4.90 Å². The third-order valence-electron chi connectivity index (χ3n) is 4.13. The number of rotatable bonds is 5. The number of esters is 1. The average Bonchev–Trinajstić information content (AvgIpc) is 3.06. The Bertz CT molecular complexity index is 731. The van der Waals surface area contributed by atoms with Crippen LogP contribution in [0, 0.1) is 0 Å². The van der Waals surface area contributed by atoms with Crippen LogP contribution in [0.3, 0.4) is 0 Å². The monoisotopic (exact) mass is 343 g/mol. The molecule has 1 aromatic heterocycles. The van der Waals surface area contributed by atoms with Gasteiger partial charge in [0.15, 0.2) is 5.76 Å². The summed E-state index contributed by atoms with van der Waals surface area (Å²) in [5.41, 5.74) is 2.17. The van der Waals surface area contributed by atoms with Crippen LogP contribution in [0.4, 0.5) is 5.69 Å². The van der Waals surface area contributed by atoms with Crippen molar-refractivity contribution in [1.82, 2.24) is 0 Å². The Hall–Kier alpha value is -2.56. The molecule has 0 aliphatic carbocycles. The molecule has 0 radical (unpaired) electrons. The summed E-state index contributed by atoms with van der Waals surface area (Å²) in [5.74, 6) is 1.05. The largest absolute Gasteiger partial charge is 0.465 e. The van der Waals surface area contributed by atoms with Crippen molar-refractivity contribution in [2.45, 2.75) is 39.5 Å². The quantitative estimate of drug-likeness (QED) is 0.745. The third-order valence-corrected chi connectivity index (χ3v) is 4.13. The van der Waals surface area contributed by atoms with E-state index in [1.54, 1.807) is 31.3 Å². The van der Waals surface area contributed by atoms with Crippen LogP contribution >= 0.6 is 0 Å².